The van der Waals surface area contributed by atoms with E-state index in [0.29, 0.717) is 13.2 Å². The maximum Gasteiger partial charge on any atom is 0.417 e. The summed E-state index contributed by atoms with van der Waals surface area (Å²) in [6.45, 7) is 6.16. The molecule has 2 atom stereocenters. The van der Waals surface area contributed by atoms with Crippen LogP contribution >= 0.6 is 15.9 Å². The Labute approximate surface area is 207 Å². The van der Waals surface area contributed by atoms with Crippen molar-refractivity contribution >= 4 is 27.8 Å². The van der Waals surface area contributed by atoms with Gasteiger partial charge in [-0.2, -0.15) is 13.2 Å². The predicted octanol–water partition coefficient (Wildman–Crippen LogP) is 5.36. The third-order valence-electron chi connectivity index (χ3n) is 6.35. The van der Waals surface area contributed by atoms with Crippen LogP contribution in [0.25, 0.3) is 6.08 Å². The van der Waals surface area contributed by atoms with Crippen LogP contribution in [0.4, 0.5) is 19.0 Å². The van der Waals surface area contributed by atoms with Crippen molar-refractivity contribution in [3.8, 4) is 0 Å². The number of halogens is 4. The maximum atomic E-state index is 14.0. The average Bonchev–Trinajstić information content (AvgIpc) is 2.77. The SMILES string of the molecule is CC(C)(CC(O)(CC/C(N)=C/c1ccnc(N2CCOCC2)c1)C(F)(F)F)C1=CC(Br)CC=C1. The van der Waals surface area contributed by atoms with E-state index in [1.165, 1.54) is 0 Å². The molecule has 9 heteroatoms. The fourth-order valence-corrected chi connectivity index (χ4v) is 4.89. The molecule has 1 fully saturated rings. The van der Waals surface area contributed by atoms with E-state index in [9.17, 15) is 18.3 Å². The van der Waals surface area contributed by atoms with Crippen LogP contribution in [0.5, 0.6) is 0 Å². The van der Waals surface area contributed by atoms with Gasteiger partial charge < -0.3 is 20.5 Å². The van der Waals surface area contributed by atoms with Gasteiger partial charge in [-0.1, -0.05) is 48.0 Å². The van der Waals surface area contributed by atoms with Crippen LogP contribution in [0, 0.1) is 5.41 Å². The van der Waals surface area contributed by atoms with Gasteiger partial charge in [0.15, 0.2) is 5.60 Å². The number of rotatable bonds is 8. The number of ether oxygens (including phenoxy) is 1. The van der Waals surface area contributed by atoms with Gasteiger partial charge in [0.25, 0.3) is 0 Å². The van der Waals surface area contributed by atoms with Crippen LogP contribution < -0.4 is 10.6 Å². The van der Waals surface area contributed by atoms with Gasteiger partial charge in [0, 0.05) is 29.8 Å². The molecule has 2 unspecified atom stereocenters. The number of aromatic nitrogens is 1. The van der Waals surface area contributed by atoms with Gasteiger partial charge in [0.05, 0.1) is 13.2 Å². The number of hydrogen-bond donors (Lipinski definition) is 2. The molecular weight excluding hydrogens is 511 g/mol. The Morgan fingerprint density at radius 1 is 1.32 bits per heavy atom. The molecule has 0 bridgehead atoms. The van der Waals surface area contributed by atoms with E-state index in [1.54, 1.807) is 32.2 Å². The first-order valence-corrected chi connectivity index (χ1v) is 12.4. The maximum absolute atomic E-state index is 14.0. The highest BCUT2D eigenvalue weighted by atomic mass is 79.9. The first-order valence-electron chi connectivity index (χ1n) is 11.5. The number of anilines is 1. The average molecular weight is 544 g/mol. The van der Waals surface area contributed by atoms with Crippen LogP contribution in [-0.4, -0.2) is 53.0 Å². The Hall–Kier alpha value is -1.84. The molecule has 3 rings (SSSR count). The third-order valence-corrected chi connectivity index (χ3v) is 6.98. The number of allylic oxidation sites excluding steroid dienone is 5. The zero-order valence-electron chi connectivity index (χ0n) is 19.6. The van der Waals surface area contributed by atoms with Gasteiger partial charge in [0.2, 0.25) is 0 Å². The van der Waals surface area contributed by atoms with Gasteiger partial charge in [-0.15, -0.1) is 0 Å². The van der Waals surface area contributed by atoms with Gasteiger partial charge in [-0.05, 0) is 60.4 Å². The molecule has 2 heterocycles. The molecule has 5 nitrogen and oxygen atoms in total. The van der Waals surface area contributed by atoms with E-state index < -0.39 is 30.0 Å². The number of hydrogen-bond acceptors (Lipinski definition) is 5. The Bertz CT molecular complexity index is 940. The normalized spacial score (nSPS) is 21.9. The fraction of sp³-hybridized carbons (Fsp3) is 0.560. The van der Waals surface area contributed by atoms with E-state index in [0.717, 1.165) is 36.5 Å². The van der Waals surface area contributed by atoms with E-state index in [2.05, 4.69) is 25.8 Å². The van der Waals surface area contributed by atoms with Gasteiger partial charge in [-0.3, -0.25) is 0 Å². The summed E-state index contributed by atoms with van der Waals surface area (Å²) >= 11 is 3.50. The summed E-state index contributed by atoms with van der Waals surface area (Å²) in [6, 6.07) is 3.62. The molecular formula is C25H33BrF3N3O2. The molecule has 3 N–H and O–H groups in total. The molecule has 0 saturated carbocycles. The van der Waals surface area contributed by atoms with Crippen LogP contribution in [0.1, 0.15) is 45.1 Å². The summed E-state index contributed by atoms with van der Waals surface area (Å²) in [4.78, 5) is 6.54. The lowest BCUT2D eigenvalue weighted by Gasteiger charge is -2.39. The largest absolute Gasteiger partial charge is 0.417 e. The van der Waals surface area contributed by atoms with Crippen LogP contribution in [0.15, 0.2) is 47.8 Å². The van der Waals surface area contributed by atoms with Crippen molar-refractivity contribution in [1.29, 1.82) is 0 Å². The Morgan fingerprint density at radius 3 is 2.68 bits per heavy atom. The van der Waals surface area contributed by atoms with Gasteiger partial charge in [0.1, 0.15) is 5.82 Å². The summed E-state index contributed by atoms with van der Waals surface area (Å²) in [5.41, 5.74) is 4.18. The molecule has 1 aliphatic carbocycles. The van der Waals surface area contributed by atoms with Gasteiger partial charge >= 0.3 is 6.18 Å². The monoisotopic (exact) mass is 543 g/mol. The predicted molar refractivity (Wildman–Crippen MR) is 133 cm³/mol. The van der Waals surface area contributed by atoms with Crippen molar-refractivity contribution in [1.82, 2.24) is 4.98 Å². The quantitative estimate of drug-likeness (QED) is 0.432. The van der Waals surface area contributed by atoms with Crippen molar-refractivity contribution in [2.75, 3.05) is 31.2 Å². The molecule has 1 aromatic rings. The highest BCUT2D eigenvalue weighted by Gasteiger charge is 2.55. The summed E-state index contributed by atoms with van der Waals surface area (Å²) in [5, 5.41) is 10.8. The Kier molecular flexibility index (Phi) is 8.52. The van der Waals surface area contributed by atoms with Crippen LogP contribution in [0.3, 0.4) is 0 Å². The molecule has 0 aromatic carbocycles. The smallest absolute Gasteiger partial charge is 0.402 e. The summed E-state index contributed by atoms with van der Waals surface area (Å²) in [7, 11) is 0. The Balaban J connectivity index is 1.72. The molecule has 1 aromatic heterocycles. The minimum atomic E-state index is -4.78. The molecule has 1 aliphatic heterocycles. The second-order valence-electron chi connectivity index (χ2n) is 9.63. The lowest BCUT2D eigenvalue weighted by Crippen LogP contribution is -2.48. The Morgan fingerprint density at radius 2 is 2.03 bits per heavy atom. The molecule has 2 aliphatic rings. The topological polar surface area (TPSA) is 71.6 Å². The van der Waals surface area contributed by atoms with Crippen molar-refractivity contribution in [2.45, 2.75) is 56.1 Å². The highest BCUT2D eigenvalue weighted by Crippen LogP contribution is 2.46. The summed E-state index contributed by atoms with van der Waals surface area (Å²) < 4.78 is 47.5. The molecule has 34 heavy (non-hydrogen) atoms. The zero-order valence-corrected chi connectivity index (χ0v) is 21.2. The number of aliphatic hydroxyl groups is 1. The standard InChI is InChI=1S/C25H33BrF3N3O2/c1-23(2,19-4-3-5-20(26)16-19)17-24(33,25(27,28)29)8-6-21(30)14-18-7-9-31-22(15-18)32-10-12-34-13-11-32/h3-4,7,9,14-16,20,33H,5-6,8,10-13,17,30H2,1-2H3/b21-14-. The first kappa shape index (κ1) is 26.8. The number of nitrogens with two attached hydrogens (primary N) is 1. The van der Waals surface area contributed by atoms with Gasteiger partial charge in [-0.25, -0.2) is 4.98 Å². The second kappa shape index (κ2) is 10.8. The van der Waals surface area contributed by atoms with Crippen molar-refractivity contribution in [2.24, 2.45) is 11.1 Å². The summed E-state index contributed by atoms with van der Waals surface area (Å²) in [6.07, 6.45) is 3.95. The molecule has 0 radical (unpaired) electrons. The van der Waals surface area contributed by atoms with Crippen molar-refractivity contribution in [3.63, 3.8) is 0 Å². The lowest BCUT2D eigenvalue weighted by atomic mass is 9.72. The third kappa shape index (κ3) is 6.86. The minimum absolute atomic E-state index is 0.0760. The number of morpholine rings is 1. The molecule has 0 spiro atoms. The number of nitrogens with zero attached hydrogens (tertiary/aromatic N) is 2. The van der Waals surface area contributed by atoms with Crippen LogP contribution in [0.2, 0.25) is 0 Å². The second-order valence-corrected chi connectivity index (χ2v) is 10.8. The number of pyridine rings is 1. The first-order chi connectivity index (χ1) is 15.9. The van der Waals surface area contributed by atoms with Crippen molar-refractivity contribution in [3.05, 3.63) is 53.4 Å². The summed E-state index contributed by atoms with van der Waals surface area (Å²) in [5.74, 6) is 0.775. The fourth-order valence-electron chi connectivity index (χ4n) is 4.38. The molecule has 188 valence electrons. The van der Waals surface area contributed by atoms with Crippen LogP contribution in [-0.2, 0) is 4.74 Å². The lowest BCUT2D eigenvalue weighted by molar-refractivity contribution is -0.270. The molecule has 0 amide bonds. The zero-order chi connectivity index (χ0) is 25.0. The van der Waals surface area contributed by atoms with E-state index >= 15 is 0 Å². The molecule has 1 saturated heterocycles. The number of alkyl halides is 4. The van der Waals surface area contributed by atoms with E-state index in [-0.39, 0.29) is 16.9 Å². The highest BCUT2D eigenvalue weighted by molar-refractivity contribution is 9.09. The van der Waals surface area contributed by atoms with E-state index in [4.69, 9.17) is 10.5 Å². The minimum Gasteiger partial charge on any atom is -0.402 e. The van der Waals surface area contributed by atoms with E-state index in [1.807, 2.05) is 24.3 Å². The van der Waals surface area contributed by atoms with Crippen molar-refractivity contribution < 1.29 is 23.0 Å².